The summed E-state index contributed by atoms with van der Waals surface area (Å²) in [6.45, 7) is 0. The lowest BCUT2D eigenvalue weighted by atomic mass is 9.93. The number of nitrogens with one attached hydrogen (secondary N) is 1. The Bertz CT molecular complexity index is 394. The number of rotatable bonds is 3. The number of aromatic hydroxyl groups is 1. The van der Waals surface area contributed by atoms with Crippen molar-refractivity contribution in [3.05, 3.63) is 22.2 Å². The quantitative estimate of drug-likeness (QED) is 0.825. The minimum absolute atomic E-state index is 0.0630. The minimum atomic E-state index is -0.0630. The summed E-state index contributed by atoms with van der Waals surface area (Å²) < 4.78 is 5.34. The molecule has 1 saturated carbocycles. The SMILES string of the molecule is COC1CCC(Nc2cc(Cl)c(O)c(Cl)c2)CC1. The number of halogens is 2. The van der Waals surface area contributed by atoms with Crippen LogP contribution in [0.1, 0.15) is 25.7 Å². The van der Waals surface area contributed by atoms with E-state index in [9.17, 15) is 5.11 Å². The fourth-order valence-corrected chi connectivity index (χ4v) is 2.81. The molecule has 0 amide bonds. The molecular formula is C13H17Cl2NO2. The van der Waals surface area contributed by atoms with Crippen LogP contribution in [0.4, 0.5) is 5.69 Å². The number of hydrogen-bond donors (Lipinski definition) is 2. The van der Waals surface area contributed by atoms with Gasteiger partial charge in [0.1, 0.15) is 0 Å². The number of anilines is 1. The summed E-state index contributed by atoms with van der Waals surface area (Å²) in [7, 11) is 1.76. The van der Waals surface area contributed by atoms with Crippen molar-refractivity contribution in [2.75, 3.05) is 12.4 Å². The Hall–Kier alpha value is -0.640. The molecule has 1 fully saturated rings. The van der Waals surface area contributed by atoms with Gasteiger partial charge in [0.2, 0.25) is 0 Å². The van der Waals surface area contributed by atoms with E-state index in [2.05, 4.69) is 5.32 Å². The summed E-state index contributed by atoms with van der Waals surface area (Å²) in [5.74, 6) is -0.0630. The molecule has 0 spiro atoms. The lowest BCUT2D eigenvalue weighted by Gasteiger charge is -2.29. The summed E-state index contributed by atoms with van der Waals surface area (Å²) in [5, 5.41) is 13.4. The maximum absolute atomic E-state index is 9.50. The average molecular weight is 290 g/mol. The third kappa shape index (κ3) is 3.22. The van der Waals surface area contributed by atoms with Crippen LogP contribution in [0.2, 0.25) is 10.0 Å². The van der Waals surface area contributed by atoms with Gasteiger partial charge in [-0.2, -0.15) is 0 Å². The maximum Gasteiger partial charge on any atom is 0.152 e. The van der Waals surface area contributed by atoms with Crippen LogP contribution >= 0.6 is 23.2 Å². The van der Waals surface area contributed by atoms with Gasteiger partial charge in [-0.1, -0.05) is 23.2 Å². The van der Waals surface area contributed by atoms with Gasteiger partial charge in [0.05, 0.1) is 16.1 Å². The van der Waals surface area contributed by atoms with Crippen molar-refractivity contribution in [1.29, 1.82) is 0 Å². The Kier molecular flexibility index (Phi) is 4.60. The predicted octanol–water partition coefficient (Wildman–Crippen LogP) is 4.07. The van der Waals surface area contributed by atoms with Crippen LogP contribution < -0.4 is 5.32 Å². The van der Waals surface area contributed by atoms with E-state index < -0.39 is 0 Å². The molecule has 100 valence electrons. The number of ether oxygens (including phenoxy) is 1. The normalized spacial score (nSPS) is 23.9. The zero-order chi connectivity index (χ0) is 13.1. The fourth-order valence-electron chi connectivity index (χ4n) is 2.33. The van der Waals surface area contributed by atoms with E-state index >= 15 is 0 Å². The van der Waals surface area contributed by atoms with Crippen molar-refractivity contribution in [2.24, 2.45) is 0 Å². The molecule has 1 aromatic carbocycles. The predicted molar refractivity (Wildman–Crippen MR) is 74.8 cm³/mol. The zero-order valence-electron chi connectivity index (χ0n) is 10.2. The molecule has 0 radical (unpaired) electrons. The van der Waals surface area contributed by atoms with Crippen LogP contribution in [0.5, 0.6) is 5.75 Å². The van der Waals surface area contributed by atoms with Crippen molar-refractivity contribution >= 4 is 28.9 Å². The van der Waals surface area contributed by atoms with E-state index in [0.29, 0.717) is 12.1 Å². The van der Waals surface area contributed by atoms with Crippen LogP contribution in [0.3, 0.4) is 0 Å². The molecular weight excluding hydrogens is 273 g/mol. The molecule has 1 aliphatic carbocycles. The first kappa shape index (κ1) is 13.8. The molecule has 0 saturated heterocycles. The van der Waals surface area contributed by atoms with Gasteiger partial charge in [-0.05, 0) is 37.8 Å². The lowest BCUT2D eigenvalue weighted by molar-refractivity contribution is 0.0682. The molecule has 5 heteroatoms. The van der Waals surface area contributed by atoms with Gasteiger partial charge in [-0.15, -0.1) is 0 Å². The summed E-state index contributed by atoms with van der Waals surface area (Å²) in [5.41, 5.74) is 0.851. The Morgan fingerprint density at radius 2 is 1.72 bits per heavy atom. The second-order valence-corrected chi connectivity index (χ2v) is 5.46. The van der Waals surface area contributed by atoms with Gasteiger partial charge in [0.25, 0.3) is 0 Å². The second-order valence-electron chi connectivity index (χ2n) is 4.64. The van der Waals surface area contributed by atoms with Crippen LogP contribution in [0.25, 0.3) is 0 Å². The van der Waals surface area contributed by atoms with Gasteiger partial charge < -0.3 is 15.2 Å². The third-order valence-corrected chi connectivity index (χ3v) is 3.97. The largest absolute Gasteiger partial charge is 0.505 e. The molecule has 1 aromatic rings. The average Bonchev–Trinajstić information content (AvgIpc) is 2.37. The molecule has 1 aliphatic rings. The summed E-state index contributed by atoms with van der Waals surface area (Å²) in [6, 6.07) is 3.81. The molecule has 0 atom stereocenters. The van der Waals surface area contributed by atoms with E-state index in [1.54, 1.807) is 19.2 Å². The highest BCUT2D eigenvalue weighted by atomic mass is 35.5. The number of phenols is 1. The first-order valence-corrected chi connectivity index (χ1v) is 6.83. The standard InChI is InChI=1S/C13H17Cl2NO2/c1-18-10-4-2-8(3-5-10)16-9-6-11(14)13(17)12(15)7-9/h6-8,10,16-17H,2-5H2,1H3. The van der Waals surface area contributed by atoms with E-state index in [1.165, 1.54) is 0 Å². The van der Waals surface area contributed by atoms with Crippen LogP contribution in [0.15, 0.2) is 12.1 Å². The smallest absolute Gasteiger partial charge is 0.152 e. The molecule has 3 nitrogen and oxygen atoms in total. The van der Waals surface area contributed by atoms with Crippen LogP contribution in [0, 0.1) is 0 Å². The van der Waals surface area contributed by atoms with Crippen molar-refractivity contribution in [3.63, 3.8) is 0 Å². The highest BCUT2D eigenvalue weighted by Gasteiger charge is 2.21. The van der Waals surface area contributed by atoms with E-state index in [-0.39, 0.29) is 15.8 Å². The Morgan fingerprint density at radius 1 is 1.17 bits per heavy atom. The van der Waals surface area contributed by atoms with Gasteiger partial charge in [0.15, 0.2) is 5.75 Å². The van der Waals surface area contributed by atoms with Crippen molar-refractivity contribution in [3.8, 4) is 5.75 Å². The number of methoxy groups -OCH3 is 1. The first-order chi connectivity index (χ1) is 8.60. The van der Waals surface area contributed by atoms with Crippen molar-refractivity contribution < 1.29 is 9.84 Å². The molecule has 18 heavy (non-hydrogen) atoms. The summed E-state index contributed by atoms with van der Waals surface area (Å²) in [4.78, 5) is 0. The zero-order valence-corrected chi connectivity index (χ0v) is 11.8. The number of hydrogen-bond acceptors (Lipinski definition) is 3. The van der Waals surface area contributed by atoms with E-state index in [4.69, 9.17) is 27.9 Å². The van der Waals surface area contributed by atoms with Crippen LogP contribution in [-0.4, -0.2) is 24.4 Å². The van der Waals surface area contributed by atoms with Crippen LogP contribution in [-0.2, 0) is 4.74 Å². The first-order valence-electron chi connectivity index (χ1n) is 6.07. The number of benzene rings is 1. The second kappa shape index (κ2) is 6.00. The lowest BCUT2D eigenvalue weighted by Crippen LogP contribution is -2.29. The van der Waals surface area contributed by atoms with E-state index in [0.717, 1.165) is 31.4 Å². The monoisotopic (exact) mass is 289 g/mol. The van der Waals surface area contributed by atoms with Gasteiger partial charge in [-0.3, -0.25) is 0 Å². The molecule has 0 unspecified atom stereocenters. The molecule has 0 aliphatic heterocycles. The van der Waals surface area contributed by atoms with Gasteiger partial charge in [0, 0.05) is 18.8 Å². The summed E-state index contributed by atoms with van der Waals surface area (Å²) >= 11 is 11.8. The van der Waals surface area contributed by atoms with Gasteiger partial charge in [-0.25, -0.2) is 0 Å². The highest BCUT2D eigenvalue weighted by molar-refractivity contribution is 6.37. The Labute approximate surface area is 117 Å². The minimum Gasteiger partial charge on any atom is -0.505 e. The topological polar surface area (TPSA) is 41.5 Å². The fraction of sp³-hybridized carbons (Fsp3) is 0.538. The molecule has 2 rings (SSSR count). The van der Waals surface area contributed by atoms with Crippen molar-refractivity contribution in [1.82, 2.24) is 0 Å². The highest BCUT2D eigenvalue weighted by Crippen LogP contribution is 2.35. The maximum atomic E-state index is 9.50. The Morgan fingerprint density at radius 3 is 2.22 bits per heavy atom. The molecule has 0 aromatic heterocycles. The van der Waals surface area contributed by atoms with Gasteiger partial charge >= 0.3 is 0 Å². The Balaban J connectivity index is 1.98. The van der Waals surface area contributed by atoms with Crippen molar-refractivity contribution in [2.45, 2.75) is 37.8 Å². The molecule has 2 N–H and O–H groups in total. The third-order valence-electron chi connectivity index (χ3n) is 3.40. The van der Waals surface area contributed by atoms with E-state index in [1.807, 2.05) is 0 Å². The molecule has 0 bridgehead atoms. The number of phenolic OH excluding ortho intramolecular Hbond substituents is 1. The molecule has 0 heterocycles. The summed E-state index contributed by atoms with van der Waals surface area (Å²) in [6.07, 6.45) is 4.64.